The minimum absolute atomic E-state index is 0.00658. The molecule has 1 N–H and O–H groups in total. The van der Waals surface area contributed by atoms with Crippen molar-refractivity contribution < 1.29 is 14.3 Å². The number of hydrogen-bond acceptors (Lipinski definition) is 4. The predicted octanol–water partition coefficient (Wildman–Crippen LogP) is 3.30. The highest BCUT2D eigenvalue weighted by Crippen LogP contribution is 2.25. The van der Waals surface area contributed by atoms with Gasteiger partial charge in [-0.2, -0.15) is 0 Å². The second-order valence-corrected chi connectivity index (χ2v) is 5.32. The summed E-state index contributed by atoms with van der Waals surface area (Å²) in [7, 11) is 0. The lowest BCUT2D eigenvalue weighted by molar-refractivity contribution is 0.0698. The van der Waals surface area contributed by atoms with Crippen molar-refractivity contribution in [3.05, 3.63) is 72.3 Å². The van der Waals surface area contributed by atoms with Crippen LogP contribution >= 0.6 is 0 Å². The van der Waals surface area contributed by atoms with Crippen LogP contribution in [0.25, 0.3) is 28.3 Å². The van der Waals surface area contributed by atoms with Gasteiger partial charge in [0.25, 0.3) is 0 Å². The Morgan fingerprint density at radius 2 is 1.80 bits per heavy atom. The molecule has 25 heavy (non-hydrogen) atoms. The minimum Gasteiger partial charge on any atom is -0.478 e. The minimum atomic E-state index is -1.13. The van der Waals surface area contributed by atoms with E-state index in [2.05, 4.69) is 15.1 Å². The van der Waals surface area contributed by atoms with Gasteiger partial charge in [-0.3, -0.25) is 4.98 Å². The molecule has 4 rings (SSSR count). The first kappa shape index (κ1) is 14.9. The Kier molecular flexibility index (Phi) is 3.46. The smallest absolute Gasteiger partial charge is 0.339 e. The average molecular weight is 334 g/mol. The fraction of sp³-hybridized carbons (Fsp3) is 0. The lowest BCUT2D eigenvalue weighted by Gasteiger charge is -2.05. The molecule has 0 spiro atoms. The van der Waals surface area contributed by atoms with Crippen LogP contribution in [0.1, 0.15) is 10.4 Å². The maximum absolute atomic E-state index is 14.1. The standard InChI is InChI=1S/C18H11FN4O2/c19-14-4-2-1-3-12(14)16-21-17-13(18(24)25)5-6-15(23(17)22-16)11-7-9-20-10-8-11/h1-10H,(H,24,25). The van der Waals surface area contributed by atoms with Gasteiger partial charge in [0.2, 0.25) is 0 Å². The zero-order valence-corrected chi connectivity index (χ0v) is 12.8. The molecule has 0 unspecified atom stereocenters. The molecule has 0 saturated heterocycles. The molecule has 0 radical (unpaired) electrons. The van der Waals surface area contributed by atoms with E-state index < -0.39 is 11.8 Å². The monoisotopic (exact) mass is 334 g/mol. The van der Waals surface area contributed by atoms with Gasteiger partial charge < -0.3 is 5.11 Å². The predicted molar refractivity (Wildman–Crippen MR) is 88.6 cm³/mol. The number of pyridine rings is 2. The molecule has 4 aromatic rings. The molecule has 0 aliphatic heterocycles. The molecule has 7 heteroatoms. The van der Waals surface area contributed by atoms with Gasteiger partial charge >= 0.3 is 5.97 Å². The lowest BCUT2D eigenvalue weighted by Crippen LogP contribution is -2.03. The van der Waals surface area contributed by atoms with E-state index in [1.54, 1.807) is 48.8 Å². The van der Waals surface area contributed by atoms with Crippen LogP contribution < -0.4 is 0 Å². The van der Waals surface area contributed by atoms with Gasteiger partial charge in [0.1, 0.15) is 11.4 Å². The summed E-state index contributed by atoms with van der Waals surface area (Å²) in [5.41, 5.74) is 1.79. The number of aromatic carboxylic acids is 1. The Bertz CT molecular complexity index is 1090. The van der Waals surface area contributed by atoms with Crippen LogP contribution in [0.3, 0.4) is 0 Å². The summed E-state index contributed by atoms with van der Waals surface area (Å²) in [6.45, 7) is 0. The summed E-state index contributed by atoms with van der Waals surface area (Å²) in [5, 5.41) is 13.8. The number of benzene rings is 1. The van der Waals surface area contributed by atoms with E-state index in [0.29, 0.717) is 5.69 Å². The molecule has 6 nitrogen and oxygen atoms in total. The number of carboxylic acid groups (broad SMARTS) is 1. The number of aromatic nitrogens is 4. The molecule has 0 fully saturated rings. The maximum Gasteiger partial charge on any atom is 0.339 e. The van der Waals surface area contributed by atoms with E-state index in [-0.39, 0.29) is 22.6 Å². The van der Waals surface area contributed by atoms with Crippen LogP contribution in [0, 0.1) is 5.82 Å². The number of hydrogen-bond donors (Lipinski definition) is 1. The average Bonchev–Trinajstić information content (AvgIpc) is 3.06. The third-order valence-corrected chi connectivity index (χ3v) is 3.81. The molecular weight excluding hydrogens is 323 g/mol. The Balaban J connectivity index is 2.02. The Morgan fingerprint density at radius 1 is 1.04 bits per heavy atom. The van der Waals surface area contributed by atoms with Gasteiger partial charge in [-0.15, -0.1) is 5.10 Å². The molecule has 3 aromatic heterocycles. The molecule has 0 atom stereocenters. The van der Waals surface area contributed by atoms with Gasteiger partial charge in [-0.25, -0.2) is 18.7 Å². The molecule has 122 valence electrons. The van der Waals surface area contributed by atoms with E-state index in [4.69, 9.17) is 0 Å². The number of carbonyl (C=O) groups is 1. The summed E-state index contributed by atoms with van der Waals surface area (Å²) in [5.74, 6) is -1.47. The summed E-state index contributed by atoms with van der Waals surface area (Å²) in [6, 6.07) is 12.8. The third kappa shape index (κ3) is 2.51. The van der Waals surface area contributed by atoms with Crippen molar-refractivity contribution in [3.63, 3.8) is 0 Å². The molecule has 0 aliphatic rings. The normalized spacial score (nSPS) is 10.9. The molecule has 0 saturated carbocycles. The second-order valence-electron chi connectivity index (χ2n) is 5.32. The molecule has 3 heterocycles. The Morgan fingerprint density at radius 3 is 2.52 bits per heavy atom. The van der Waals surface area contributed by atoms with Crippen molar-refractivity contribution in [2.45, 2.75) is 0 Å². The summed E-state index contributed by atoms with van der Waals surface area (Å²) >= 11 is 0. The zero-order chi connectivity index (χ0) is 17.4. The SMILES string of the molecule is O=C(O)c1ccc(-c2ccncc2)n2nc(-c3ccccc3F)nc12. The van der Waals surface area contributed by atoms with E-state index in [1.807, 2.05) is 0 Å². The summed E-state index contributed by atoms with van der Waals surface area (Å²) < 4.78 is 15.5. The van der Waals surface area contributed by atoms with Crippen LogP contribution in [0.2, 0.25) is 0 Å². The summed E-state index contributed by atoms with van der Waals surface area (Å²) in [6.07, 6.45) is 3.25. The molecule has 0 bridgehead atoms. The number of nitrogens with zero attached hydrogens (tertiary/aromatic N) is 4. The maximum atomic E-state index is 14.1. The summed E-state index contributed by atoms with van der Waals surface area (Å²) in [4.78, 5) is 19.7. The zero-order valence-electron chi connectivity index (χ0n) is 12.8. The topological polar surface area (TPSA) is 80.4 Å². The van der Waals surface area contributed by atoms with Gasteiger partial charge in [-0.1, -0.05) is 12.1 Å². The fourth-order valence-electron chi connectivity index (χ4n) is 2.63. The first-order valence-corrected chi connectivity index (χ1v) is 7.43. The lowest BCUT2D eigenvalue weighted by atomic mass is 10.1. The van der Waals surface area contributed by atoms with Gasteiger partial charge in [0.15, 0.2) is 11.5 Å². The first-order valence-electron chi connectivity index (χ1n) is 7.43. The van der Waals surface area contributed by atoms with Gasteiger partial charge in [-0.05, 0) is 36.4 Å². The van der Waals surface area contributed by atoms with Crippen LogP contribution in [-0.4, -0.2) is 30.7 Å². The van der Waals surface area contributed by atoms with E-state index in [9.17, 15) is 14.3 Å². The van der Waals surface area contributed by atoms with Crippen LogP contribution in [-0.2, 0) is 0 Å². The molecule has 1 aromatic carbocycles. The van der Waals surface area contributed by atoms with Crippen LogP contribution in [0.15, 0.2) is 60.9 Å². The van der Waals surface area contributed by atoms with Crippen molar-refractivity contribution in [3.8, 4) is 22.6 Å². The van der Waals surface area contributed by atoms with Gasteiger partial charge in [0.05, 0.1) is 11.3 Å². The number of rotatable bonds is 3. The number of carboxylic acids is 1. The van der Waals surface area contributed by atoms with Crippen molar-refractivity contribution in [2.24, 2.45) is 0 Å². The van der Waals surface area contributed by atoms with Crippen molar-refractivity contribution in [2.75, 3.05) is 0 Å². The first-order chi connectivity index (χ1) is 12.1. The highest BCUT2D eigenvalue weighted by molar-refractivity contribution is 5.95. The Hall–Kier alpha value is -3.61. The van der Waals surface area contributed by atoms with Crippen molar-refractivity contribution >= 4 is 11.6 Å². The molecule has 0 aliphatic carbocycles. The third-order valence-electron chi connectivity index (χ3n) is 3.81. The number of fused-ring (bicyclic) bond motifs is 1. The van der Waals surface area contributed by atoms with Crippen LogP contribution in [0.4, 0.5) is 4.39 Å². The quantitative estimate of drug-likeness (QED) is 0.622. The fourth-order valence-corrected chi connectivity index (χ4v) is 2.63. The highest BCUT2D eigenvalue weighted by Gasteiger charge is 2.19. The largest absolute Gasteiger partial charge is 0.478 e. The van der Waals surface area contributed by atoms with E-state index in [0.717, 1.165) is 5.56 Å². The number of halogens is 1. The van der Waals surface area contributed by atoms with E-state index >= 15 is 0 Å². The molecule has 0 amide bonds. The molecular formula is C18H11FN4O2. The highest BCUT2D eigenvalue weighted by atomic mass is 19.1. The van der Waals surface area contributed by atoms with Crippen LogP contribution in [0.5, 0.6) is 0 Å². The van der Waals surface area contributed by atoms with Crippen molar-refractivity contribution in [1.29, 1.82) is 0 Å². The van der Waals surface area contributed by atoms with Gasteiger partial charge in [0, 0.05) is 18.0 Å². The van der Waals surface area contributed by atoms with Crippen molar-refractivity contribution in [1.82, 2.24) is 19.6 Å². The Labute approximate surface area is 141 Å². The van der Waals surface area contributed by atoms with E-state index in [1.165, 1.54) is 16.6 Å². The second kappa shape index (κ2) is 5.79.